The van der Waals surface area contributed by atoms with Crippen molar-refractivity contribution in [3.8, 4) is 0 Å². The molecule has 3 nitrogen and oxygen atoms in total. The minimum Gasteiger partial charge on any atom is -0.353 e. The summed E-state index contributed by atoms with van der Waals surface area (Å²) in [6.45, 7) is 2.15. The fourth-order valence-electron chi connectivity index (χ4n) is 1.47. The molecule has 0 aliphatic carbocycles. The van der Waals surface area contributed by atoms with Gasteiger partial charge in [-0.25, -0.2) is 0 Å². The maximum atomic E-state index is 5.87. The number of halogens is 1. The number of nitrogens with zero attached hydrogens (tertiary/aromatic N) is 3. The van der Waals surface area contributed by atoms with Crippen molar-refractivity contribution >= 4 is 29.1 Å². The fraction of sp³-hybridized carbons (Fsp3) is 0.714. The Hall–Kier alpha value is -0.350. The summed E-state index contributed by atoms with van der Waals surface area (Å²) in [7, 11) is 0. The van der Waals surface area contributed by atoms with Crippen LogP contribution in [0.25, 0.3) is 0 Å². The van der Waals surface area contributed by atoms with Crippen LogP contribution in [0.2, 0.25) is 5.15 Å². The number of anilines is 1. The quantitative estimate of drug-likeness (QED) is 0.701. The van der Waals surface area contributed by atoms with Gasteiger partial charge in [0, 0.05) is 13.1 Å². The maximum Gasteiger partial charge on any atom is 0.187 e. The van der Waals surface area contributed by atoms with Crippen LogP contribution in [0.1, 0.15) is 19.3 Å². The molecule has 0 amide bonds. The Morgan fingerprint density at radius 1 is 1.17 bits per heavy atom. The van der Waals surface area contributed by atoms with Crippen LogP contribution in [0.15, 0.2) is 0 Å². The van der Waals surface area contributed by atoms with Gasteiger partial charge < -0.3 is 4.90 Å². The molecule has 0 N–H and O–H groups in total. The first kappa shape index (κ1) is 8.26. The van der Waals surface area contributed by atoms with Gasteiger partial charge in [-0.15, -0.1) is 0 Å². The highest BCUT2D eigenvalue weighted by Gasteiger charge is 2.16. The Morgan fingerprint density at radius 3 is 2.50 bits per heavy atom. The first-order valence-corrected chi connectivity index (χ1v) is 5.22. The van der Waals surface area contributed by atoms with E-state index in [0.717, 1.165) is 18.9 Å². The molecular formula is C7H10ClN3S. The molecule has 0 bridgehead atoms. The van der Waals surface area contributed by atoms with E-state index < -0.39 is 0 Å². The predicted octanol–water partition coefficient (Wildman–Crippen LogP) is 2.18. The van der Waals surface area contributed by atoms with E-state index in [2.05, 4.69) is 13.6 Å². The minimum absolute atomic E-state index is 0.557. The van der Waals surface area contributed by atoms with Gasteiger partial charge in [0.25, 0.3) is 0 Å². The van der Waals surface area contributed by atoms with Gasteiger partial charge in [0.1, 0.15) is 0 Å². The lowest BCUT2D eigenvalue weighted by atomic mass is 10.1. The topological polar surface area (TPSA) is 29.0 Å². The summed E-state index contributed by atoms with van der Waals surface area (Å²) >= 11 is 7.05. The van der Waals surface area contributed by atoms with E-state index in [-0.39, 0.29) is 0 Å². The van der Waals surface area contributed by atoms with Crippen LogP contribution in [0, 0.1) is 0 Å². The highest BCUT2D eigenvalue weighted by molar-refractivity contribution is 6.99. The molecule has 12 heavy (non-hydrogen) atoms. The molecule has 2 heterocycles. The fourth-order valence-corrected chi connectivity index (χ4v) is 2.25. The van der Waals surface area contributed by atoms with Gasteiger partial charge in [0.2, 0.25) is 0 Å². The van der Waals surface area contributed by atoms with Crippen molar-refractivity contribution in [1.82, 2.24) is 8.75 Å². The van der Waals surface area contributed by atoms with Crippen molar-refractivity contribution in [3.63, 3.8) is 0 Å². The number of rotatable bonds is 1. The Bertz CT molecular complexity index is 257. The van der Waals surface area contributed by atoms with Crippen LogP contribution >= 0.6 is 23.3 Å². The zero-order valence-electron chi connectivity index (χ0n) is 6.66. The summed E-state index contributed by atoms with van der Waals surface area (Å²) in [6, 6.07) is 0. The van der Waals surface area contributed by atoms with Gasteiger partial charge in [-0.3, -0.25) is 0 Å². The molecule has 1 aliphatic rings. The molecule has 0 atom stereocenters. The summed E-state index contributed by atoms with van der Waals surface area (Å²) in [5.74, 6) is 0.876. The van der Waals surface area contributed by atoms with Crippen molar-refractivity contribution in [1.29, 1.82) is 0 Å². The van der Waals surface area contributed by atoms with Crippen molar-refractivity contribution < 1.29 is 0 Å². The summed E-state index contributed by atoms with van der Waals surface area (Å²) < 4.78 is 8.11. The zero-order valence-corrected chi connectivity index (χ0v) is 8.24. The van der Waals surface area contributed by atoms with Gasteiger partial charge in [0.15, 0.2) is 11.0 Å². The smallest absolute Gasteiger partial charge is 0.187 e. The summed E-state index contributed by atoms with van der Waals surface area (Å²) in [4.78, 5) is 2.22. The van der Waals surface area contributed by atoms with Crippen LogP contribution in [-0.2, 0) is 0 Å². The highest BCUT2D eigenvalue weighted by Crippen LogP contribution is 2.25. The molecule has 0 spiro atoms. The number of hydrogen-bond acceptors (Lipinski definition) is 4. The average molecular weight is 204 g/mol. The molecule has 1 aromatic heterocycles. The lowest BCUT2D eigenvalue weighted by Crippen LogP contribution is -2.29. The molecule has 0 unspecified atom stereocenters. The number of aromatic nitrogens is 2. The SMILES string of the molecule is Clc1nsnc1N1CCCCC1. The van der Waals surface area contributed by atoms with Crippen LogP contribution in [0.3, 0.4) is 0 Å². The van der Waals surface area contributed by atoms with Crippen LogP contribution in [0.4, 0.5) is 5.82 Å². The molecule has 0 saturated carbocycles. The van der Waals surface area contributed by atoms with Gasteiger partial charge in [-0.2, -0.15) is 8.75 Å². The first-order valence-electron chi connectivity index (χ1n) is 4.11. The average Bonchev–Trinajstić information content (AvgIpc) is 2.53. The summed E-state index contributed by atoms with van der Waals surface area (Å²) in [5.41, 5.74) is 0. The molecule has 1 fully saturated rings. The number of piperidine rings is 1. The molecule has 1 aromatic rings. The Labute approximate surface area is 80.7 Å². The van der Waals surface area contributed by atoms with Gasteiger partial charge in [-0.05, 0) is 19.3 Å². The number of hydrogen-bond donors (Lipinski definition) is 0. The summed E-state index contributed by atoms with van der Waals surface area (Å²) in [5, 5.41) is 0.557. The van der Waals surface area contributed by atoms with E-state index in [1.807, 2.05) is 0 Å². The second-order valence-corrected chi connectivity index (χ2v) is 3.81. The molecule has 0 radical (unpaired) electrons. The highest BCUT2D eigenvalue weighted by atomic mass is 35.5. The molecule has 2 rings (SSSR count). The Balaban J connectivity index is 2.13. The lowest BCUT2D eigenvalue weighted by Gasteiger charge is -2.26. The molecule has 0 aromatic carbocycles. The van der Waals surface area contributed by atoms with Gasteiger partial charge >= 0.3 is 0 Å². The second kappa shape index (κ2) is 3.58. The standard InChI is InChI=1S/C7H10ClN3S/c8-6-7(10-12-9-6)11-4-2-1-3-5-11/h1-5H2. The normalized spacial score (nSPS) is 18.2. The van der Waals surface area contributed by atoms with E-state index >= 15 is 0 Å². The van der Waals surface area contributed by atoms with Crippen molar-refractivity contribution in [2.24, 2.45) is 0 Å². The largest absolute Gasteiger partial charge is 0.353 e. The third-order valence-corrected chi connectivity index (χ3v) is 2.96. The second-order valence-electron chi connectivity index (χ2n) is 2.93. The van der Waals surface area contributed by atoms with E-state index in [1.54, 1.807) is 0 Å². The predicted molar refractivity (Wildman–Crippen MR) is 51.0 cm³/mol. The van der Waals surface area contributed by atoms with Crippen LogP contribution in [-0.4, -0.2) is 21.8 Å². The molecule has 5 heteroatoms. The van der Waals surface area contributed by atoms with Crippen LogP contribution in [0.5, 0.6) is 0 Å². The monoisotopic (exact) mass is 203 g/mol. The Kier molecular flexibility index (Phi) is 2.46. The van der Waals surface area contributed by atoms with Crippen LogP contribution < -0.4 is 4.90 Å². The van der Waals surface area contributed by atoms with E-state index in [9.17, 15) is 0 Å². The Morgan fingerprint density at radius 2 is 1.92 bits per heavy atom. The van der Waals surface area contributed by atoms with E-state index in [4.69, 9.17) is 11.6 Å². The molecular weight excluding hydrogens is 194 g/mol. The minimum atomic E-state index is 0.557. The maximum absolute atomic E-state index is 5.87. The van der Waals surface area contributed by atoms with Crippen molar-refractivity contribution in [2.75, 3.05) is 18.0 Å². The third-order valence-electron chi connectivity index (χ3n) is 2.09. The van der Waals surface area contributed by atoms with E-state index in [1.165, 1.54) is 31.0 Å². The molecule has 66 valence electrons. The third kappa shape index (κ3) is 1.54. The zero-order chi connectivity index (χ0) is 8.39. The van der Waals surface area contributed by atoms with Gasteiger partial charge in [-0.1, -0.05) is 11.6 Å². The lowest BCUT2D eigenvalue weighted by molar-refractivity contribution is 0.575. The summed E-state index contributed by atoms with van der Waals surface area (Å²) in [6.07, 6.45) is 3.81. The molecule has 1 saturated heterocycles. The van der Waals surface area contributed by atoms with Crippen molar-refractivity contribution in [3.05, 3.63) is 5.15 Å². The molecule has 1 aliphatic heterocycles. The van der Waals surface area contributed by atoms with Crippen molar-refractivity contribution in [2.45, 2.75) is 19.3 Å². The first-order chi connectivity index (χ1) is 5.88. The van der Waals surface area contributed by atoms with Gasteiger partial charge in [0.05, 0.1) is 11.7 Å². The van der Waals surface area contributed by atoms with E-state index in [0.29, 0.717) is 5.15 Å².